The zero-order valence-corrected chi connectivity index (χ0v) is 22.2. The minimum atomic E-state index is -1.48. The molecule has 1 aromatic carbocycles. The van der Waals surface area contributed by atoms with Gasteiger partial charge in [-0.3, -0.25) is 4.98 Å². The highest BCUT2D eigenvalue weighted by atomic mass is 19.1. The van der Waals surface area contributed by atoms with Crippen LogP contribution in [0, 0.1) is 5.92 Å². The lowest BCUT2D eigenvalue weighted by Gasteiger charge is -2.28. The molecule has 1 aliphatic rings. The summed E-state index contributed by atoms with van der Waals surface area (Å²) in [4.78, 5) is 16.6. The number of esters is 1. The molecule has 5 heteroatoms. The number of halogens is 1. The number of ether oxygens (including phenoxy) is 2. The highest BCUT2D eigenvalue weighted by Crippen LogP contribution is 2.28. The molecule has 1 aromatic heterocycles. The number of pyridine rings is 1. The maximum absolute atomic E-state index is 13.9. The Kier molecular flexibility index (Phi) is 12.2. The Labute approximate surface area is 217 Å². The van der Waals surface area contributed by atoms with Crippen LogP contribution in [0.4, 0.5) is 4.39 Å². The molecule has 1 atom stereocenters. The standard InChI is InChI=1S/C31H44FNO3/c1-3-5-7-8-9-10-24-14-21-30(33-22-24)26-15-19-27(20-16-26)35-23-25-12-17-28(18-13-25)36-31(34)29(32)11-6-4-2/h14-16,19-22,25,28-29H,3-13,17-18,23H2,1-2H3/t25-,28-,29-/m0/s1. The zero-order chi connectivity index (χ0) is 25.6. The predicted molar refractivity (Wildman–Crippen MR) is 144 cm³/mol. The predicted octanol–water partition coefficient (Wildman–Crippen LogP) is 8.27. The van der Waals surface area contributed by atoms with Crippen LogP contribution in [0.25, 0.3) is 11.3 Å². The summed E-state index contributed by atoms with van der Waals surface area (Å²) in [5.41, 5.74) is 3.37. The second-order valence-corrected chi connectivity index (χ2v) is 10.2. The summed E-state index contributed by atoms with van der Waals surface area (Å²) in [5.74, 6) is 0.596. The number of nitrogens with zero attached hydrogens (tertiary/aromatic N) is 1. The van der Waals surface area contributed by atoms with Crippen LogP contribution in [0.3, 0.4) is 0 Å². The summed E-state index contributed by atoms with van der Waals surface area (Å²) in [6.45, 7) is 4.88. The maximum atomic E-state index is 13.9. The number of hydrogen-bond donors (Lipinski definition) is 0. The Bertz CT molecular complexity index is 876. The number of alkyl halides is 1. The van der Waals surface area contributed by atoms with Crippen molar-refractivity contribution in [2.45, 2.75) is 110 Å². The number of carbonyl (C=O) groups excluding carboxylic acids is 1. The fourth-order valence-corrected chi connectivity index (χ4v) is 4.77. The molecule has 4 nitrogen and oxygen atoms in total. The minimum absolute atomic E-state index is 0.159. The van der Waals surface area contributed by atoms with Crippen molar-refractivity contribution in [2.24, 2.45) is 5.92 Å². The van der Waals surface area contributed by atoms with E-state index >= 15 is 0 Å². The molecule has 0 unspecified atom stereocenters. The van der Waals surface area contributed by atoms with E-state index < -0.39 is 12.1 Å². The van der Waals surface area contributed by atoms with E-state index in [1.165, 1.54) is 37.7 Å². The number of rotatable bonds is 15. The number of aryl methyl sites for hydroxylation is 1. The Morgan fingerprint density at radius 2 is 1.67 bits per heavy atom. The first-order valence-corrected chi connectivity index (χ1v) is 14.1. The molecule has 0 saturated heterocycles. The van der Waals surface area contributed by atoms with Crippen molar-refractivity contribution in [3.63, 3.8) is 0 Å². The van der Waals surface area contributed by atoms with E-state index in [9.17, 15) is 9.18 Å². The molecule has 0 spiro atoms. The number of benzene rings is 1. The average Bonchev–Trinajstić information content (AvgIpc) is 2.92. The highest BCUT2D eigenvalue weighted by molar-refractivity contribution is 5.74. The second-order valence-electron chi connectivity index (χ2n) is 10.2. The van der Waals surface area contributed by atoms with Crippen molar-refractivity contribution in [3.8, 4) is 17.0 Å². The van der Waals surface area contributed by atoms with Crippen molar-refractivity contribution < 1.29 is 18.7 Å². The molecule has 0 bridgehead atoms. The SMILES string of the molecule is CCCCCCCc1ccc(-c2ccc(OC[C@H]3CC[C@H](OC(=O)[C@@H](F)CCCC)CC3)cc2)nc1. The van der Waals surface area contributed by atoms with Crippen LogP contribution in [0.5, 0.6) is 5.75 Å². The lowest BCUT2D eigenvalue weighted by atomic mass is 9.88. The van der Waals surface area contributed by atoms with Gasteiger partial charge in [-0.25, -0.2) is 9.18 Å². The first-order valence-electron chi connectivity index (χ1n) is 14.1. The van der Waals surface area contributed by atoms with E-state index in [1.54, 1.807) is 0 Å². The van der Waals surface area contributed by atoms with Gasteiger partial charge in [0.05, 0.1) is 12.3 Å². The molecule has 0 radical (unpaired) electrons. The first kappa shape index (κ1) is 28.1. The number of unbranched alkanes of at least 4 members (excludes halogenated alkanes) is 5. The monoisotopic (exact) mass is 497 g/mol. The molecule has 198 valence electrons. The van der Waals surface area contributed by atoms with Crippen LogP contribution in [-0.4, -0.2) is 29.8 Å². The fourth-order valence-electron chi connectivity index (χ4n) is 4.77. The van der Waals surface area contributed by atoms with Gasteiger partial charge in [-0.1, -0.05) is 58.4 Å². The molecule has 1 aliphatic carbocycles. The van der Waals surface area contributed by atoms with E-state index in [0.717, 1.165) is 55.5 Å². The molecule has 0 N–H and O–H groups in total. The van der Waals surface area contributed by atoms with Crippen LogP contribution in [0.1, 0.15) is 96.5 Å². The summed E-state index contributed by atoms with van der Waals surface area (Å²) in [7, 11) is 0. The topological polar surface area (TPSA) is 48.4 Å². The summed E-state index contributed by atoms with van der Waals surface area (Å²) in [6.07, 6.45) is 13.2. The lowest BCUT2D eigenvalue weighted by molar-refractivity contribution is -0.157. The Balaban J connectivity index is 1.36. The average molecular weight is 498 g/mol. The number of hydrogen-bond acceptors (Lipinski definition) is 4. The van der Waals surface area contributed by atoms with E-state index in [2.05, 4.69) is 36.2 Å². The first-order chi connectivity index (χ1) is 17.6. The van der Waals surface area contributed by atoms with Gasteiger partial charge in [0.25, 0.3) is 0 Å². The molecule has 1 fully saturated rings. The van der Waals surface area contributed by atoms with Crippen molar-refractivity contribution in [1.29, 1.82) is 0 Å². The van der Waals surface area contributed by atoms with Crippen molar-refractivity contribution in [1.82, 2.24) is 4.98 Å². The maximum Gasteiger partial charge on any atom is 0.340 e. The van der Waals surface area contributed by atoms with Crippen molar-refractivity contribution in [2.75, 3.05) is 6.61 Å². The van der Waals surface area contributed by atoms with Gasteiger partial charge in [-0.05, 0) is 86.8 Å². The van der Waals surface area contributed by atoms with Gasteiger partial charge in [-0.15, -0.1) is 0 Å². The van der Waals surface area contributed by atoms with E-state index in [4.69, 9.17) is 9.47 Å². The number of aromatic nitrogens is 1. The summed E-state index contributed by atoms with van der Waals surface area (Å²) in [5, 5.41) is 0. The van der Waals surface area contributed by atoms with Crippen LogP contribution < -0.4 is 4.74 Å². The molecular formula is C31H44FNO3. The van der Waals surface area contributed by atoms with Gasteiger partial charge in [-0.2, -0.15) is 0 Å². The quantitative estimate of drug-likeness (QED) is 0.183. The van der Waals surface area contributed by atoms with Crippen LogP contribution in [0.2, 0.25) is 0 Å². The molecule has 1 saturated carbocycles. The molecule has 36 heavy (non-hydrogen) atoms. The second kappa shape index (κ2) is 15.6. The smallest absolute Gasteiger partial charge is 0.340 e. The van der Waals surface area contributed by atoms with E-state index in [-0.39, 0.29) is 12.5 Å². The van der Waals surface area contributed by atoms with Gasteiger partial charge < -0.3 is 9.47 Å². The Morgan fingerprint density at radius 3 is 2.33 bits per heavy atom. The van der Waals surface area contributed by atoms with Crippen LogP contribution in [-0.2, 0) is 16.0 Å². The Morgan fingerprint density at radius 1 is 0.944 bits per heavy atom. The van der Waals surface area contributed by atoms with Gasteiger partial charge in [0.1, 0.15) is 11.9 Å². The van der Waals surface area contributed by atoms with Crippen molar-refractivity contribution in [3.05, 3.63) is 48.2 Å². The van der Waals surface area contributed by atoms with Crippen LogP contribution >= 0.6 is 0 Å². The lowest BCUT2D eigenvalue weighted by Crippen LogP contribution is -2.30. The Hall–Kier alpha value is -2.43. The largest absolute Gasteiger partial charge is 0.493 e. The van der Waals surface area contributed by atoms with Gasteiger partial charge in [0, 0.05) is 11.8 Å². The van der Waals surface area contributed by atoms with Gasteiger partial charge in [0.2, 0.25) is 0 Å². The molecule has 0 amide bonds. The fraction of sp³-hybridized carbons (Fsp3) is 0.613. The molecular weight excluding hydrogens is 453 g/mol. The highest BCUT2D eigenvalue weighted by Gasteiger charge is 2.27. The zero-order valence-electron chi connectivity index (χ0n) is 22.2. The third-order valence-corrected chi connectivity index (χ3v) is 7.17. The van der Waals surface area contributed by atoms with Gasteiger partial charge >= 0.3 is 5.97 Å². The van der Waals surface area contributed by atoms with E-state index in [0.29, 0.717) is 18.9 Å². The third kappa shape index (κ3) is 9.55. The van der Waals surface area contributed by atoms with E-state index in [1.807, 2.05) is 25.3 Å². The molecule has 0 aliphatic heterocycles. The van der Waals surface area contributed by atoms with Gasteiger partial charge in [0.15, 0.2) is 6.17 Å². The third-order valence-electron chi connectivity index (χ3n) is 7.17. The summed E-state index contributed by atoms with van der Waals surface area (Å²) in [6, 6.07) is 12.4. The van der Waals surface area contributed by atoms with Crippen molar-refractivity contribution >= 4 is 5.97 Å². The molecule has 3 rings (SSSR count). The molecule has 2 aromatic rings. The minimum Gasteiger partial charge on any atom is -0.493 e. The number of carbonyl (C=O) groups is 1. The normalized spacial score (nSPS) is 18.5. The van der Waals surface area contributed by atoms with Crippen LogP contribution in [0.15, 0.2) is 42.6 Å². The molecule has 1 heterocycles. The summed E-state index contributed by atoms with van der Waals surface area (Å²) >= 11 is 0. The summed E-state index contributed by atoms with van der Waals surface area (Å²) < 4.78 is 25.3.